The summed E-state index contributed by atoms with van der Waals surface area (Å²) in [5.74, 6) is -1.96. The van der Waals surface area contributed by atoms with E-state index < -0.39 is 11.6 Å². The summed E-state index contributed by atoms with van der Waals surface area (Å²) in [5, 5.41) is 17.0. The van der Waals surface area contributed by atoms with Crippen molar-refractivity contribution < 1.29 is 28.2 Å². The van der Waals surface area contributed by atoms with Crippen molar-refractivity contribution in [3.05, 3.63) is 89.0 Å². The molecule has 3 aromatic heterocycles. The van der Waals surface area contributed by atoms with Crippen LogP contribution in [-0.2, 0) is 17.8 Å². The van der Waals surface area contributed by atoms with Crippen molar-refractivity contribution in [1.82, 2.24) is 24.6 Å². The zero-order valence-corrected chi connectivity index (χ0v) is 26.6. The smallest absolute Gasteiger partial charge is 0.253 e. The molecule has 0 unspecified atom stereocenters. The average molecular weight is 656 g/mol. The summed E-state index contributed by atoms with van der Waals surface area (Å²) in [6.07, 6.45) is 1.98. The molecule has 2 aliphatic heterocycles. The zero-order chi connectivity index (χ0) is 33.0. The maximum Gasteiger partial charge on any atom is 0.253 e. The summed E-state index contributed by atoms with van der Waals surface area (Å²) in [4.78, 5) is 34.0. The molecule has 5 aromatic rings. The zero-order valence-electron chi connectivity index (χ0n) is 25.8. The van der Waals surface area contributed by atoms with Gasteiger partial charge in [0, 0.05) is 59.0 Å². The summed E-state index contributed by atoms with van der Waals surface area (Å²) in [5.41, 5.74) is 4.92. The van der Waals surface area contributed by atoms with Crippen LogP contribution in [0.1, 0.15) is 34.6 Å². The second kappa shape index (κ2) is 12.0. The lowest BCUT2D eigenvalue weighted by Crippen LogP contribution is -2.40. The SMILES string of the molecule is C=CC(=O)N1CCn2nc(-c3nc(-c4ccc5c(c4)CCN(C)C5=O)c4ccsc4c3-c3c(F)cc(F)cc3OCCO)cc2[C@@H]1C. The van der Waals surface area contributed by atoms with Gasteiger partial charge < -0.3 is 19.6 Å². The molecule has 0 aliphatic carbocycles. The van der Waals surface area contributed by atoms with Crippen LogP contribution in [0.15, 0.2) is 60.5 Å². The summed E-state index contributed by atoms with van der Waals surface area (Å²) in [7, 11) is 1.78. The number of pyridine rings is 1. The molecule has 2 aliphatic rings. The molecule has 7 rings (SSSR count). The lowest BCUT2D eigenvalue weighted by atomic mass is 9.93. The number of hydrogen-bond acceptors (Lipinski definition) is 7. The van der Waals surface area contributed by atoms with Crippen LogP contribution >= 0.6 is 11.3 Å². The van der Waals surface area contributed by atoms with Crippen molar-refractivity contribution in [3.63, 3.8) is 0 Å². The molecule has 0 radical (unpaired) electrons. The fraction of sp³-hybridized carbons (Fsp3) is 0.257. The standard InChI is InChI=1S/C35H31F2N5O4S/c1-4-29(44)41-10-11-42-27(19(41)2)18-26(39-42)33-31(30-25(37)16-22(36)17-28(30)46-13-12-43)34-24(8-14-47-34)32(38-33)21-5-6-23-20(15-21)7-9-40(3)35(23)45/h4-6,8,14-19,43H,1,7,9-13H2,2-3H3/t19-/m0/s1. The van der Waals surface area contributed by atoms with Gasteiger partial charge in [0.15, 0.2) is 0 Å². The Morgan fingerprint density at radius 2 is 1.96 bits per heavy atom. The molecule has 47 heavy (non-hydrogen) atoms. The van der Waals surface area contributed by atoms with Crippen LogP contribution in [0.25, 0.3) is 43.9 Å². The molecule has 2 amide bonds. The average Bonchev–Trinajstić information content (AvgIpc) is 3.73. The van der Waals surface area contributed by atoms with Crippen LogP contribution in [0.4, 0.5) is 8.78 Å². The van der Waals surface area contributed by atoms with Gasteiger partial charge in [-0.05, 0) is 54.6 Å². The molecule has 12 heteroatoms. The first-order valence-corrected chi connectivity index (χ1v) is 16.1. The maximum atomic E-state index is 16.0. The molecular weight excluding hydrogens is 624 g/mol. The third kappa shape index (κ3) is 5.17. The molecule has 240 valence electrons. The van der Waals surface area contributed by atoms with E-state index in [1.807, 2.05) is 47.3 Å². The van der Waals surface area contributed by atoms with Gasteiger partial charge in [0.05, 0.1) is 36.1 Å². The maximum absolute atomic E-state index is 16.0. The Kier molecular flexibility index (Phi) is 7.85. The van der Waals surface area contributed by atoms with Crippen LogP contribution in [0, 0.1) is 11.6 Å². The van der Waals surface area contributed by atoms with E-state index in [1.54, 1.807) is 16.8 Å². The van der Waals surface area contributed by atoms with E-state index in [4.69, 9.17) is 14.8 Å². The normalized spacial score (nSPS) is 15.9. The monoisotopic (exact) mass is 655 g/mol. The van der Waals surface area contributed by atoms with Gasteiger partial charge in [-0.3, -0.25) is 14.3 Å². The Bertz CT molecular complexity index is 2090. The van der Waals surface area contributed by atoms with E-state index in [0.29, 0.717) is 59.0 Å². The van der Waals surface area contributed by atoms with E-state index in [0.717, 1.165) is 34.3 Å². The number of rotatable bonds is 7. The highest BCUT2D eigenvalue weighted by Crippen LogP contribution is 2.47. The van der Waals surface area contributed by atoms with Crippen molar-refractivity contribution in [1.29, 1.82) is 0 Å². The molecule has 9 nitrogen and oxygen atoms in total. The van der Waals surface area contributed by atoms with Gasteiger partial charge in [0.2, 0.25) is 5.91 Å². The van der Waals surface area contributed by atoms with Gasteiger partial charge in [0.1, 0.15) is 35.4 Å². The number of benzene rings is 2. The molecule has 1 N–H and O–H groups in total. The summed E-state index contributed by atoms with van der Waals surface area (Å²) < 4.78 is 38.7. The number of carbonyl (C=O) groups is 2. The summed E-state index contributed by atoms with van der Waals surface area (Å²) >= 11 is 1.38. The van der Waals surface area contributed by atoms with Crippen molar-refractivity contribution >= 4 is 33.2 Å². The van der Waals surface area contributed by atoms with Gasteiger partial charge in [-0.2, -0.15) is 5.10 Å². The number of fused-ring (bicyclic) bond motifs is 3. The Morgan fingerprint density at radius 3 is 2.74 bits per heavy atom. The lowest BCUT2D eigenvalue weighted by molar-refractivity contribution is -0.129. The molecule has 0 spiro atoms. The highest BCUT2D eigenvalue weighted by atomic mass is 32.1. The van der Waals surface area contributed by atoms with Gasteiger partial charge in [0.25, 0.3) is 5.91 Å². The van der Waals surface area contributed by atoms with E-state index in [1.165, 1.54) is 17.4 Å². The van der Waals surface area contributed by atoms with Crippen LogP contribution in [-0.4, -0.2) is 74.8 Å². The topological polar surface area (TPSA) is 101 Å². The number of aliphatic hydroxyl groups excluding tert-OH is 1. The molecule has 2 aromatic carbocycles. The molecule has 5 heterocycles. The van der Waals surface area contributed by atoms with Crippen molar-refractivity contribution in [2.45, 2.75) is 25.9 Å². The van der Waals surface area contributed by atoms with Gasteiger partial charge in [-0.15, -0.1) is 11.3 Å². The minimum Gasteiger partial charge on any atom is -0.490 e. The molecular formula is C35H31F2N5O4S. The van der Waals surface area contributed by atoms with Crippen LogP contribution in [0.5, 0.6) is 5.75 Å². The summed E-state index contributed by atoms with van der Waals surface area (Å²) in [6.45, 7) is 6.50. The van der Waals surface area contributed by atoms with Crippen LogP contribution in [0.2, 0.25) is 0 Å². The number of aromatic nitrogens is 3. The molecule has 0 fully saturated rings. The van der Waals surface area contributed by atoms with Gasteiger partial charge >= 0.3 is 0 Å². The minimum absolute atomic E-state index is 0.00269. The number of hydrogen-bond donors (Lipinski definition) is 1. The number of halogens is 2. The third-order valence-corrected chi connectivity index (χ3v) is 9.79. The quantitative estimate of drug-likeness (QED) is 0.221. The Morgan fingerprint density at radius 1 is 1.13 bits per heavy atom. The largest absolute Gasteiger partial charge is 0.490 e. The van der Waals surface area contributed by atoms with Crippen molar-refractivity contribution in [2.75, 3.05) is 33.4 Å². The highest BCUT2D eigenvalue weighted by molar-refractivity contribution is 7.18. The fourth-order valence-corrected chi connectivity index (χ4v) is 7.46. The van der Waals surface area contributed by atoms with Crippen molar-refractivity contribution in [3.8, 4) is 39.5 Å². The second-order valence-electron chi connectivity index (χ2n) is 11.6. The fourth-order valence-electron chi connectivity index (χ4n) is 6.51. The van der Waals surface area contributed by atoms with Crippen LogP contribution < -0.4 is 4.74 Å². The number of nitrogens with zero attached hydrogens (tertiary/aromatic N) is 5. The van der Waals surface area contributed by atoms with Crippen LogP contribution in [0.3, 0.4) is 0 Å². The van der Waals surface area contributed by atoms with E-state index >= 15 is 4.39 Å². The van der Waals surface area contributed by atoms with E-state index in [-0.39, 0.29) is 42.4 Å². The molecule has 0 saturated carbocycles. The predicted octanol–water partition coefficient (Wildman–Crippen LogP) is 5.86. The number of carbonyl (C=O) groups excluding carboxylic acids is 2. The van der Waals surface area contributed by atoms with Gasteiger partial charge in [-0.25, -0.2) is 13.8 Å². The Labute approximate surface area is 273 Å². The highest BCUT2D eigenvalue weighted by Gasteiger charge is 2.32. The number of amides is 2. The third-order valence-electron chi connectivity index (χ3n) is 8.86. The van der Waals surface area contributed by atoms with E-state index in [2.05, 4.69) is 6.58 Å². The van der Waals surface area contributed by atoms with Gasteiger partial charge in [-0.1, -0.05) is 12.6 Å². The number of ether oxygens (including phenoxy) is 1. The predicted molar refractivity (Wildman–Crippen MR) is 175 cm³/mol. The number of likely N-dealkylation sites (N-methyl/N-ethyl adjacent to an activating group) is 1. The first kappa shape index (κ1) is 30.7. The Balaban J connectivity index is 1.49. The minimum atomic E-state index is -0.847. The molecule has 1 atom stereocenters. The summed E-state index contributed by atoms with van der Waals surface area (Å²) in [6, 6.07) is 11.0. The van der Waals surface area contributed by atoms with E-state index in [9.17, 15) is 19.1 Å². The second-order valence-corrected chi connectivity index (χ2v) is 12.5. The number of aliphatic hydroxyl groups is 1. The lowest BCUT2D eigenvalue weighted by Gasteiger charge is -2.33. The Hall–Kier alpha value is -4.94. The first-order chi connectivity index (χ1) is 22.7. The molecule has 0 bridgehead atoms. The first-order valence-electron chi connectivity index (χ1n) is 15.2. The number of thiophene rings is 1. The van der Waals surface area contributed by atoms with Crippen molar-refractivity contribution in [2.24, 2.45) is 0 Å². The molecule has 0 saturated heterocycles.